The van der Waals surface area contributed by atoms with Gasteiger partial charge in [0.1, 0.15) is 5.60 Å². The van der Waals surface area contributed by atoms with Crippen LogP contribution in [-0.4, -0.2) is 67.3 Å². The SMILES string of the molecule is CC(C)(C)OC(=O)N1CCC(OCCCCOCCCO)CC1. The van der Waals surface area contributed by atoms with Gasteiger partial charge in [0.2, 0.25) is 0 Å². The van der Waals surface area contributed by atoms with Crippen LogP contribution >= 0.6 is 0 Å². The Hall–Kier alpha value is -0.850. The highest BCUT2D eigenvalue weighted by molar-refractivity contribution is 5.68. The van der Waals surface area contributed by atoms with Crippen LogP contribution in [-0.2, 0) is 14.2 Å². The van der Waals surface area contributed by atoms with E-state index in [1.165, 1.54) is 0 Å². The number of nitrogens with zero attached hydrogens (tertiary/aromatic N) is 1. The van der Waals surface area contributed by atoms with Gasteiger partial charge in [-0.3, -0.25) is 0 Å². The predicted molar refractivity (Wildman–Crippen MR) is 88.5 cm³/mol. The topological polar surface area (TPSA) is 68.2 Å². The Morgan fingerprint density at radius 2 is 1.70 bits per heavy atom. The molecule has 1 fully saturated rings. The van der Waals surface area contributed by atoms with E-state index < -0.39 is 5.60 Å². The summed E-state index contributed by atoms with van der Waals surface area (Å²) in [6, 6.07) is 0. The quantitative estimate of drug-likeness (QED) is 0.658. The maximum absolute atomic E-state index is 12.0. The number of unbranched alkanes of at least 4 members (excludes halogenated alkanes) is 1. The van der Waals surface area contributed by atoms with Gasteiger partial charge in [-0.1, -0.05) is 0 Å². The zero-order valence-electron chi connectivity index (χ0n) is 14.9. The van der Waals surface area contributed by atoms with Gasteiger partial charge in [0, 0.05) is 39.5 Å². The van der Waals surface area contributed by atoms with Crippen LogP contribution in [0.4, 0.5) is 4.79 Å². The summed E-state index contributed by atoms with van der Waals surface area (Å²) in [5.74, 6) is 0. The van der Waals surface area contributed by atoms with Crippen molar-refractivity contribution in [3.05, 3.63) is 0 Å². The van der Waals surface area contributed by atoms with Crippen LogP contribution in [0.5, 0.6) is 0 Å². The van der Waals surface area contributed by atoms with Crippen molar-refractivity contribution >= 4 is 6.09 Å². The van der Waals surface area contributed by atoms with E-state index in [1.807, 2.05) is 20.8 Å². The molecule has 1 rings (SSSR count). The Bertz CT molecular complexity index is 321. The molecular weight excluding hydrogens is 298 g/mol. The lowest BCUT2D eigenvalue weighted by Gasteiger charge is -2.33. The van der Waals surface area contributed by atoms with Crippen LogP contribution in [0.2, 0.25) is 0 Å². The first-order valence-electron chi connectivity index (χ1n) is 8.70. The third kappa shape index (κ3) is 9.79. The van der Waals surface area contributed by atoms with Gasteiger partial charge in [0.25, 0.3) is 0 Å². The zero-order chi connectivity index (χ0) is 17.1. The summed E-state index contributed by atoms with van der Waals surface area (Å²) in [6.07, 6.45) is 4.40. The summed E-state index contributed by atoms with van der Waals surface area (Å²) in [4.78, 5) is 13.7. The zero-order valence-corrected chi connectivity index (χ0v) is 14.9. The van der Waals surface area contributed by atoms with Crippen LogP contribution in [0.15, 0.2) is 0 Å². The molecule has 0 aromatic carbocycles. The van der Waals surface area contributed by atoms with Gasteiger partial charge in [0.15, 0.2) is 0 Å². The smallest absolute Gasteiger partial charge is 0.410 e. The summed E-state index contributed by atoms with van der Waals surface area (Å²) in [6.45, 7) is 9.32. The molecule has 1 N–H and O–H groups in total. The van der Waals surface area contributed by atoms with E-state index in [0.29, 0.717) is 26.1 Å². The lowest BCUT2D eigenvalue weighted by molar-refractivity contribution is -0.0133. The summed E-state index contributed by atoms with van der Waals surface area (Å²) in [5.41, 5.74) is -0.441. The Morgan fingerprint density at radius 3 is 2.30 bits per heavy atom. The molecule has 1 heterocycles. The molecule has 0 saturated carbocycles. The molecule has 0 unspecified atom stereocenters. The molecule has 0 radical (unpaired) electrons. The summed E-state index contributed by atoms with van der Waals surface area (Å²) in [5, 5.41) is 8.63. The Kier molecular flexibility index (Phi) is 9.52. The molecule has 0 aliphatic carbocycles. The highest BCUT2D eigenvalue weighted by Gasteiger charge is 2.26. The van der Waals surface area contributed by atoms with Gasteiger partial charge < -0.3 is 24.2 Å². The summed E-state index contributed by atoms with van der Waals surface area (Å²) < 4.78 is 16.6. The first-order valence-corrected chi connectivity index (χ1v) is 8.70. The summed E-state index contributed by atoms with van der Waals surface area (Å²) >= 11 is 0. The lowest BCUT2D eigenvalue weighted by Crippen LogP contribution is -2.43. The average molecular weight is 331 g/mol. The van der Waals surface area contributed by atoms with Crippen LogP contribution in [0.25, 0.3) is 0 Å². The van der Waals surface area contributed by atoms with E-state index in [4.69, 9.17) is 19.3 Å². The first kappa shape index (κ1) is 20.2. The molecule has 6 nitrogen and oxygen atoms in total. The molecule has 0 atom stereocenters. The van der Waals surface area contributed by atoms with Crippen molar-refractivity contribution in [1.82, 2.24) is 4.90 Å². The van der Waals surface area contributed by atoms with Crippen LogP contribution in [0, 0.1) is 0 Å². The molecule has 6 heteroatoms. The first-order chi connectivity index (χ1) is 10.9. The van der Waals surface area contributed by atoms with E-state index in [2.05, 4.69) is 0 Å². The maximum atomic E-state index is 12.0. The molecule has 136 valence electrons. The predicted octanol–water partition coefficient (Wildman–Crippen LogP) is 2.58. The minimum atomic E-state index is -0.441. The fraction of sp³-hybridized carbons (Fsp3) is 0.941. The van der Waals surface area contributed by atoms with Crippen molar-refractivity contribution in [2.24, 2.45) is 0 Å². The molecule has 0 spiro atoms. The molecule has 1 aliphatic heterocycles. The van der Waals surface area contributed by atoms with Crippen molar-refractivity contribution in [3.8, 4) is 0 Å². The Labute approximate surface area is 140 Å². The van der Waals surface area contributed by atoms with E-state index in [1.54, 1.807) is 4.90 Å². The normalized spacial score (nSPS) is 16.6. The van der Waals surface area contributed by atoms with Crippen molar-refractivity contribution in [3.63, 3.8) is 0 Å². The second-order valence-electron chi connectivity index (χ2n) is 6.93. The van der Waals surface area contributed by atoms with Crippen molar-refractivity contribution in [2.75, 3.05) is 39.5 Å². The molecule has 1 saturated heterocycles. The monoisotopic (exact) mass is 331 g/mol. The van der Waals surface area contributed by atoms with Crippen LogP contribution in [0.3, 0.4) is 0 Å². The number of piperidine rings is 1. The van der Waals surface area contributed by atoms with Gasteiger partial charge >= 0.3 is 6.09 Å². The second-order valence-corrected chi connectivity index (χ2v) is 6.93. The third-order valence-electron chi connectivity index (χ3n) is 3.58. The standard InChI is InChI=1S/C17H33NO5/c1-17(2,3)23-16(20)18-9-7-15(8-10-18)22-14-5-4-12-21-13-6-11-19/h15,19H,4-14H2,1-3H3. The lowest BCUT2D eigenvalue weighted by atomic mass is 10.1. The van der Waals surface area contributed by atoms with Crippen LogP contribution < -0.4 is 0 Å². The van der Waals surface area contributed by atoms with Gasteiger partial charge in [-0.2, -0.15) is 0 Å². The molecule has 23 heavy (non-hydrogen) atoms. The Balaban J connectivity index is 2.03. The fourth-order valence-corrected chi connectivity index (χ4v) is 2.36. The van der Waals surface area contributed by atoms with E-state index in [0.717, 1.165) is 38.9 Å². The number of aliphatic hydroxyl groups is 1. The van der Waals surface area contributed by atoms with Gasteiger partial charge in [-0.15, -0.1) is 0 Å². The highest BCUT2D eigenvalue weighted by atomic mass is 16.6. The van der Waals surface area contributed by atoms with E-state index >= 15 is 0 Å². The maximum Gasteiger partial charge on any atom is 0.410 e. The number of likely N-dealkylation sites (tertiary alicyclic amines) is 1. The molecule has 1 aliphatic rings. The molecule has 0 aromatic rings. The van der Waals surface area contributed by atoms with E-state index in [-0.39, 0.29) is 18.8 Å². The minimum absolute atomic E-state index is 0.186. The number of hydrogen-bond acceptors (Lipinski definition) is 5. The minimum Gasteiger partial charge on any atom is -0.444 e. The highest BCUT2D eigenvalue weighted by Crippen LogP contribution is 2.17. The number of hydrogen-bond donors (Lipinski definition) is 1. The van der Waals surface area contributed by atoms with Crippen molar-refractivity contribution in [1.29, 1.82) is 0 Å². The van der Waals surface area contributed by atoms with E-state index in [9.17, 15) is 4.79 Å². The number of carbonyl (C=O) groups is 1. The number of ether oxygens (including phenoxy) is 3. The number of amides is 1. The van der Waals surface area contributed by atoms with Gasteiger partial charge in [-0.05, 0) is 52.9 Å². The average Bonchev–Trinajstić information content (AvgIpc) is 2.49. The number of aliphatic hydroxyl groups excluding tert-OH is 1. The Morgan fingerprint density at radius 1 is 1.09 bits per heavy atom. The summed E-state index contributed by atoms with van der Waals surface area (Å²) in [7, 11) is 0. The fourth-order valence-electron chi connectivity index (χ4n) is 2.36. The van der Waals surface area contributed by atoms with Crippen LogP contribution in [0.1, 0.15) is 52.9 Å². The van der Waals surface area contributed by atoms with Gasteiger partial charge in [-0.25, -0.2) is 4.79 Å². The number of rotatable bonds is 9. The molecule has 0 bridgehead atoms. The third-order valence-corrected chi connectivity index (χ3v) is 3.58. The van der Waals surface area contributed by atoms with Crippen molar-refractivity contribution in [2.45, 2.75) is 64.6 Å². The molecule has 0 aromatic heterocycles. The van der Waals surface area contributed by atoms with Crippen molar-refractivity contribution < 1.29 is 24.1 Å². The molecular formula is C17H33NO5. The largest absolute Gasteiger partial charge is 0.444 e. The van der Waals surface area contributed by atoms with Gasteiger partial charge in [0.05, 0.1) is 6.10 Å². The molecule has 1 amide bonds. The second kappa shape index (κ2) is 10.8. The number of carbonyl (C=O) groups excluding carboxylic acids is 1.